The van der Waals surface area contributed by atoms with E-state index in [1.165, 1.54) is 22.3 Å². The molecule has 1 heterocycles. The van der Waals surface area contributed by atoms with E-state index in [4.69, 9.17) is 4.74 Å². The van der Waals surface area contributed by atoms with Crippen LogP contribution in [0.15, 0.2) is 48.5 Å². The Morgan fingerprint density at radius 2 is 1.60 bits per heavy atom. The summed E-state index contributed by atoms with van der Waals surface area (Å²) in [5.41, 5.74) is 5.63. The van der Waals surface area contributed by atoms with Gasteiger partial charge in [-0.1, -0.05) is 48.5 Å². The van der Waals surface area contributed by atoms with Crippen LogP contribution >= 0.6 is 0 Å². The molecule has 1 aliphatic carbocycles. The van der Waals surface area contributed by atoms with Gasteiger partial charge >= 0.3 is 0 Å². The van der Waals surface area contributed by atoms with E-state index >= 15 is 0 Å². The van der Waals surface area contributed by atoms with Crippen LogP contribution in [-0.2, 0) is 22.4 Å². The summed E-state index contributed by atoms with van der Waals surface area (Å²) in [6.45, 7) is 2.30. The maximum absolute atomic E-state index is 11.5. The first-order valence-corrected chi connectivity index (χ1v) is 9.26. The number of carbonyl (C=O) groups excluding carboxylic acids is 1. The Morgan fingerprint density at radius 1 is 1.00 bits per heavy atom. The van der Waals surface area contributed by atoms with Gasteiger partial charge in [-0.15, -0.1) is 0 Å². The van der Waals surface area contributed by atoms with Crippen LogP contribution in [0.3, 0.4) is 0 Å². The summed E-state index contributed by atoms with van der Waals surface area (Å²) in [7, 11) is 0. The molecule has 0 bridgehead atoms. The minimum atomic E-state index is 0.0484. The molecule has 0 aromatic heterocycles. The topological polar surface area (TPSA) is 38.3 Å². The molecule has 3 nitrogen and oxygen atoms in total. The Kier molecular flexibility index (Phi) is 4.58. The Bertz CT molecular complexity index is 723. The number of aryl methyl sites for hydroxylation is 2. The van der Waals surface area contributed by atoms with Crippen LogP contribution in [0.1, 0.15) is 47.9 Å². The van der Waals surface area contributed by atoms with E-state index in [0.29, 0.717) is 6.61 Å². The Balaban J connectivity index is 1.73. The monoisotopic (exact) mass is 335 g/mol. The van der Waals surface area contributed by atoms with Crippen molar-refractivity contribution in [1.29, 1.82) is 0 Å². The molecule has 25 heavy (non-hydrogen) atoms. The Morgan fingerprint density at radius 3 is 2.20 bits per heavy atom. The van der Waals surface area contributed by atoms with Crippen LogP contribution in [0.2, 0.25) is 0 Å². The molecule has 0 radical (unpaired) electrons. The molecule has 130 valence electrons. The number of benzene rings is 2. The minimum Gasteiger partial charge on any atom is -0.377 e. The zero-order valence-electron chi connectivity index (χ0n) is 14.7. The highest BCUT2D eigenvalue weighted by atomic mass is 16.5. The largest absolute Gasteiger partial charge is 0.377 e. The maximum Gasteiger partial charge on any atom is 0.217 e. The molecule has 1 saturated heterocycles. The van der Waals surface area contributed by atoms with Gasteiger partial charge in [-0.2, -0.15) is 0 Å². The van der Waals surface area contributed by atoms with Gasteiger partial charge in [-0.05, 0) is 47.9 Å². The highest BCUT2D eigenvalue weighted by Gasteiger charge is 2.34. The van der Waals surface area contributed by atoms with Crippen molar-refractivity contribution in [3.63, 3.8) is 0 Å². The number of ether oxygens (including phenoxy) is 1. The summed E-state index contributed by atoms with van der Waals surface area (Å²) in [6, 6.07) is 17.8. The van der Waals surface area contributed by atoms with Crippen LogP contribution in [0.5, 0.6) is 0 Å². The molecule has 0 saturated carbocycles. The predicted octanol–water partition coefficient (Wildman–Crippen LogP) is 3.60. The normalized spacial score (nSPS) is 23.2. The summed E-state index contributed by atoms with van der Waals surface area (Å²) < 4.78 is 6.25. The van der Waals surface area contributed by atoms with E-state index in [1.54, 1.807) is 6.92 Å². The predicted molar refractivity (Wildman–Crippen MR) is 98.7 cm³/mol. The SMILES string of the molecule is CC(=O)NC1CCOC(C2c3ccccc3CCc3ccccc32)C1. The summed E-state index contributed by atoms with van der Waals surface area (Å²) in [5.74, 6) is 0.291. The standard InChI is InChI=1S/C22H25NO2/c1-15(24)23-18-12-13-25-21(14-18)22-19-8-4-2-6-16(19)10-11-17-7-3-5-9-20(17)22/h2-9,18,21-22H,10-14H2,1H3,(H,23,24). The smallest absolute Gasteiger partial charge is 0.217 e. The molecule has 1 amide bonds. The molecule has 1 N–H and O–H groups in total. The van der Waals surface area contributed by atoms with Gasteiger partial charge in [0, 0.05) is 25.5 Å². The molecule has 2 aromatic carbocycles. The molecule has 1 aliphatic heterocycles. The molecular formula is C22H25NO2. The number of hydrogen-bond acceptors (Lipinski definition) is 2. The van der Waals surface area contributed by atoms with Crippen LogP contribution in [0.25, 0.3) is 0 Å². The molecule has 0 spiro atoms. The number of fused-ring (bicyclic) bond motifs is 2. The summed E-state index contributed by atoms with van der Waals surface area (Å²) in [5, 5.41) is 3.10. The zero-order chi connectivity index (χ0) is 17.2. The molecule has 2 atom stereocenters. The van der Waals surface area contributed by atoms with Gasteiger partial charge in [0.15, 0.2) is 0 Å². The first-order valence-electron chi connectivity index (χ1n) is 9.26. The molecule has 1 fully saturated rings. The number of amides is 1. The summed E-state index contributed by atoms with van der Waals surface area (Å²) >= 11 is 0. The van der Waals surface area contributed by atoms with Crippen molar-refractivity contribution in [2.24, 2.45) is 0 Å². The van der Waals surface area contributed by atoms with Crippen LogP contribution in [0, 0.1) is 0 Å². The van der Waals surface area contributed by atoms with E-state index in [-0.39, 0.29) is 24.0 Å². The maximum atomic E-state index is 11.5. The molecular weight excluding hydrogens is 310 g/mol. The minimum absolute atomic E-state index is 0.0484. The second kappa shape index (κ2) is 7.01. The van der Waals surface area contributed by atoms with Gasteiger partial charge in [0.1, 0.15) is 0 Å². The molecule has 3 heteroatoms. The van der Waals surface area contributed by atoms with Gasteiger partial charge in [0.2, 0.25) is 5.91 Å². The lowest BCUT2D eigenvalue weighted by molar-refractivity contribution is -0.120. The van der Waals surface area contributed by atoms with E-state index in [1.807, 2.05) is 0 Å². The number of rotatable bonds is 2. The van der Waals surface area contributed by atoms with Gasteiger partial charge in [-0.3, -0.25) is 4.79 Å². The molecule has 4 rings (SSSR count). The summed E-state index contributed by atoms with van der Waals surface area (Å²) in [4.78, 5) is 11.5. The van der Waals surface area contributed by atoms with Crippen LogP contribution < -0.4 is 5.32 Å². The number of nitrogens with one attached hydrogen (secondary N) is 1. The Hall–Kier alpha value is -2.13. The number of carbonyl (C=O) groups is 1. The van der Waals surface area contributed by atoms with Gasteiger partial charge < -0.3 is 10.1 Å². The lowest BCUT2D eigenvalue weighted by Crippen LogP contribution is -2.43. The fourth-order valence-electron chi connectivity index (χ4n) is 4.45. The van der Waals surface area contributed by atoms with Crippen molar-refractivity contribution in [2.75, 3.05) is 6.61 Å². The second-order valence-electron chi connectivity index (χ2n) is 7.21. The second-order valence-corrected chi connectivity index (χ2v) is 7.21. The highest BCUT2D eigenvalue weighted by molar-refractivity contribution is 5.73. The van der Waals surface area contributed by atoms with Crippen molar-refractivity contribution in [3.05, 3.63) is 70.8 Å². The molecule has 2 aliphatic rings. The zero-order valence-corrected chi connectivity index (χ0v) is 14.7. The first kappa shape index (κ1) is 16.3. The quantitative estimate of drug-likeness (QED) is 0.911. The fraction of sp³-hybridized carbons (Fsp3) is 0.409. The third-order valence-electron chi connectivity index (χ3n) is 5.54. The third-order valence-corrected chi connectivity index (χ3v) is 5.54. The fourth-order valence-corrected chi connectivity index (χ4v) is 4.45. The van der Waals surface area contributed by atoms with Crippen LogP contribution in [-0.4, -0.2) is 24.7 Å². The highest BCUT2D eigenvalue weighted by Crippen LogP contribution is 2.40. The van der Waals surface area contributed by atoms with Crippen molar-refractivity contribution < 1.29 is 9.53 Å². The molecule has 2 unspecified atom stereocenters. The lowest BCUT2D eigenvalue weighted by atomic mass is 9.80. The van der Waals surface area contributed by atoms with Crippen LogP contribution in [0.4, 0.5) is 0 Å². The van der Waals surface area contributed by atoms with Crippen molar-refractivity contribution >= 4 is 5.91 Å². The van der Waals surface area contributed by atoms with Gasteiger partial charge in [0.05, 0.1) is 6.10 Å². The average Bonchev–Trinajstić information content (AvgIpc) is 2.78. The van der Waals surface area contributed by atoms with Gasteiger partial charge in [-0.25, -0.2) is 0 Å². The number of hydrogen-bond donors (Lipinski definition) is 1. The Labute approximate surface area is 149 Å². The third kappa shape index (κ3) is 3.34. The lowest BCUT2D eigenvalue weighted by Gasteiger charge is -2.36. The van der Waals surface area contributed by atoms with E-state index in [2.05, 4.69) is 53.8 Å². The first-order chi connectivity index (χ1) is 12.2. The molecule has 2 aromatic rings. The van der Waals surface area contributed by atoms with E-state index in [0.717, 1.165) is 25.7 Å². The van der Waals surface area contributed by atoms with Crippen molar-refractivity contribution in [3.8, 4) is 0 Å². The van der Waals surface area contributed by atoms with Crippen molar-refractivity contribution in [1.82, 2.24) is 5.32 Å². The summed E-state index contributed by atoms with van der Waals surface area (Å²) in [6.07, 6.45) is 4.02. The average molecular weight is 335 g/mol. The van der Waals surface area contributed by atoms with Gasteiger partial charge in [0.25, 0.3) is 0 Å². The van der Waals surface area contributed by atoms with E-state index < -0.39 is 0 Å². The van der Waals surface area contributed by atoms with E-state index in [9.17, 15) is 4.79 Å². The van der Waals surface area contributed by atoms with Crippen molar-refractivity contribution in [2.45, 2.75) is 50.7 Å².